The van der Waals surface area contributed by atoms with E-state index in [0.29, 0.717) is 5.92 Å². The summed E-state index contributed by atoms with van der Waals surface area (Å²) in [5.41, 5.74) is 1.66. The van der Waals surface area contributed by atoms with E-state index < -0.39 is 0 Å². The third-order valence-corrected chi connectivity index (χ3v) is 9.27. The van der Waals surface area contributed by atoms with E-state index in [-0.39, 0.29) is 7.92 Å². The Bertz CT molecular complexity index is 506. The predicted molar refractivity (Wildman–Crippen MR) is 104 cm³/mol. The smallest absolute Gasteiger partial charge is 0.00896 e. The molecule has 23 heavy (non-hydrogen) atoms. The molecule has 0 amide bonds. The largest absolute Gasteiger partial charge is 0.306 e. The second-order valence-electron chi connectivity index (χ2n) is 7.56. The fourth-order valence-corrected chi connectivity index (χ4v) is 7.94. The highest BCUT2D eigenvalue weighted by molar-refractivity contribution is 7.64. The number of hydrogen-bond acceptors (Lipinski definition) is 1. The lowest BCUT2D eigenvalue weighted by Crippen LogP contribution is -2.34. The zero-order chi connectivity index (χ0) is 16.2. The maximum absolute atomic E-state index is 2.56. The van der Waals surface area contributed by atoms with E-state index >= 15 is 0 Å². The SMILES string of the molecule is CC1C=CC=CC1P(C1=CCCC=C1)C1CCC(N(C)C)CC1. The van der Waals surface area contributed by atoms with E-state index in [2.05, 4.69) is 68.5 Å². The van der Waals surface area contributed by atoms with Crippen LogP contribution in [0.15, 0.2) is 47.8 Å². The molecular formula is C21H32NP. The summed E-state index contributed by atoms with van der Waals surface area (Å²) in [5.74, 6) is 0.689. The van der Waals surface area contributed by atoms with Crippen molar-refractivity contribution in [1.29, 1.82) is 0 Å². The van der Waals surface area contributed by atoms with Crippen molar-refractivity contribution in [3.8, 4) is 0 Å². The van der Waals surface area contributed by atoms with E-state index in [9.17, 15) is 0 Å². The molecule has 0 aromatic rings. The molecule has 3 atom stereocenters. The molecule has 0 aromatic carbocycles. The Balaban J connectivity index is 1.79. The van der Waals surface area contributed by atoms with Crippen LogP contribution in [0.25, 0.3) is 0 Å². The summed E-state index contributed by atoms with van der Waals surface area (Å²) >= 11 is 0. The molecule has 0 N–H and O–H groups in total. The number of allylic oxidation sites excluding steroid dienone is 8. The van der Waals surface area contributed by atoms with Gasteiger partial charge in [-0.2, -0.15) is 0 Å². The van der Waals surface area contributed by atoms with Gasteiger partial charge in [-0.3, -0.25) is 0 Å². The summed E-state index contributed by atoms with van der Waals surface area (Å²) in [4.78, 5) is 2.43. The molecule has 1 saturated carbocycles. The molecule has 0 aromatic heterocycles. The highest BCUT2D eigenvalue weighted by Gasteiger charge is 2.35. The lowest BCUT2D eigenvalue weighted by Gasteiger charge is -2.42. The van der Waals surface area contributed by atoms with Crippen molar-refractivity contribution in [1.82, 2.24) is 4.90 Å². The summed E-state index contributed by atoms with van der Waals surface area (Å²) in [5, 5.41) is 1.69. The fourth-order valence-electron chi connectivity index (χ4n) is 4.32. The monoisotopic (exact) mass is 329 g/mol. The first-order valence-electron chi connectivity index (χ1n) is 9.33. The zero-order valence-electron chi connectivity index (χ0n) is 15.0. The molecule has 0 radical (unpaired) electrons. The maximum atomic E-state index is 2.56. The van der Waals surface area contributed by atoms with Gasteiger partial charge in [-0.1, -0.05) is 57.4 Å². The van der Waals surface area contributed by atoms with Gasteiger partial charge in [0.05, 0.1) is 0 Å². The minimum Gasteiger partial charge on any atom is -0.306 e. The summed E-state index contributed by atoms with van der Waals surface area (Å²) in [6.45, 7) is 2.42. The Morgan fingerprint density at radius 2 is 1.74 bits per heavy atom. The van der Waals surface area contributed by atoms with Crippen molar-refractivity contribution < 1.29 is 0 Å². The van der Waals surface area contributed by atoms with E-state index in [0.717, 1.165) is 17.4 Å². The van der Waals surface area contributed by atoms with Gasteiger partial charge in [0.1, 0.15) is 0 Å². The molecule has 2 heteroatoms. The minimum absolute atomic E-state index is 0.0751. The van der Waals surface area contributed by atoms with Crippen LogP contribution in [0.4, 0.5) is 0 Å². The second-order valence-corrected chi connectivity index (χ2v) is 10.2. The molecular weight excluding hydrogens is 297 g/mol. The molecule has 0 spiro atoms. The summed E-state index contributed by atoms with van der Waals surface area (Å²) < 4.78 is 0. The van der Waals surface area contributed by atoms with Gasteiger partial charge in [-0.05, 0) is 69.5 Å². The molecule has 3 unspecified atom stereocenters. The van der Waals surface area contributed by atoms with Gasteiger partial charge in [0.25, 0.3) is 0 Å². The molecule has 126 valence electrons. The lowest BCUT2D eigenvalue weighted by atomic mass is 9.94. The average Bonchev–Trinajstić information content (AvgIpc) is 2.58. The van der Waals surface area contributed by atoms with Crippen molar-refractivity contribution in [3.05, 3.63) is 47.8 Å². The fraction of sp³-hybridized carbons (Fsp3) is 0.619. The van der Waals surface area contributed by atoms with Gasteiger partial charge in [0.15, 0.2) is 0 Å². The number of rotatable bonds is 4. The van der Waals surface area contributed by atoms with E-state index in [1.807, 2.05) is 0 Å². The normalized spacial score (nSPS) is 35.4. The van der Waals surface area contributed by atoms with Crippen LogP contribution in [-0.2, 0) is 0 Å². The molecule has 0 saturated heterocycles. The van der Waals surface area contributed by atoms with Crippen molar-refractivity contribution in [2.45, 2.75) is 62.8 Å². The first-order chi connectivity index (χ1) is 11.2. The van der Waals surface area contributed by atoms with Crippen LogP contribution >= 0.6 is 7.92 Å². The lowest BCUT2D eigenvalue weighted by molar-refractivity contribution is 0.231. The van der Waals surface area contributed by atoms with Crippen molar-refractivity contribution in [3.63, 3.8) is 0 Å². The Kier molecular flexibility index (Phi) is 5.94. The second kappa shape index (κ2) is 7.95. The zero-order valence-corrected chi connectivity index (χ0v) is 15.9. The summed E-state index contributed by atoms with van der Waals surface area (Å²) in [6, 6.07) is 0.804. The van der Waals surface area contributed by atoms with Crippen LogP contribution in [0.2, 0.25) is 0 Å². The predicted octanol–water partition coefficient (Wildman–Crippen LogP) is 5.71. The van der Waals surface area contributed by atoms with Crippen LogP contribution in [0.3, 0.4) is 0 Å². The molecule has 3 rings (SSSR count). The van der Waals surface area contributed by atoms with E-state index in [1.54, 1.807) is 5.31 Å². The third kappa shape index (κ3) is 4.06. The summed E-state index contributed by atoms with van der Waals surface area (Å²) in [6.07, 6.45) is 25.0. The molecule has 3 aliphatic rings. The van der Waals surface area contributed by atoms with Crippen LogP contribution in [0.5, 0.6) is 0 Å². The van der Waals surface area contributed by atoms with Crippen LogP contribution in [-0.4, -0.2) is 36.4 Å². The van der Waals surface area contributed by atoms with Crippen molar-refractivity contribution in [2.24, 2.45) is 5.92 Å². The molecule has 0 aliphatic heterocycles. The number of hydrogen-bond donors (Lipinski definition) is 0. The van der Waals surface area contributed by atoms with E-state index in [4.69, 9.17) is 0 Å². The van der Waals surface area contributed by atoms with Gasteiger partial charge in [-0.25, -0.2) is 0 Å². The van der Waals surface area contributed by atoms with Gasteiger partial charge >= 0.3 is 0 Å². The highest BCUT2D eigenvalue weighted by atomic mass is 31.1. The van der Waals surface area contributed by atoms with Crippen molar-refractivity contribution >= 4 is 7.92 Å². The quantitative estimate of drug-likeness (QED) is 0.597. The highest BCUT2D eigenvalue weighted by Crippen LogP contribution is 2.61. The molecule has 1 nitrogen and oxygen atoms in total. The standard InChI is InChI=1S/C21H32NP/c1-17-9-7-8-12-21(17)23(19-10-5-4-6-11-19)20-15-13-18(14-16-20)22(2)3/h5,7-12,17-18,20-21H,4,6,13-16H2,1-3H3. The molecule has 1 fully saturated rings. The van der Waals surface area contributed by atoms with Crippen LogP contribution < -0.4 is 0 Å². The van der Waals surface area contributed by atoms with Crippen LogP contribution in [0, 0.1) is 5.92 Å². The topological polar surface area (TPSA) is 3.24 Å². The first-order valence-corrected chi connectivity index (χ1v) is 10.8. The number of nitrogens with zero attached hydrogens (tertiary/aromatic N) is 1. The first kappa shape index (κ1) is 17.2. The summed E-state index contributed by atoms with van der Waals surface area (Å²) in [7, 11) is 4.42. The van der Waals surface area contributed by atoms with Gasteiger partial charge in [0.2, 0.25) is 0 Å². The maximum Gasteiger partial charge on any atom is 0.00896 e. The average molecular weight is 329 g/mol. The third-order valence-electron chi connectivity index (χ3n) is 5.76. The van der Waals surface area contributed by atoms with Crippen molar-refractivity contribution in [2.75, 3.05) is 14.1 Å². The van der Waals surface area contributed by atoms with Gasteiger partial charge < -0.3 is 4.90 Å². The molecule has 0 bridgehead atoms. The Morgan fingerprint density at radius 3 is 2.35 bits per heavy atom. The Morgan fingerprint density at radius 1 is 1.00 bits per heavy atom. The Hall–Kier alpha value is -0.650. The Labute approximate surface area is 144 Å². The van der Waals surface area contributed by atoms with Crippen LogP contribution in [0.1, 0.15) is 45.4 Å². The molecule has 3 aliphatic carbocycles. The molecule has 0 heterocycles. The van der Waals surface area contributed by atoms with Gasteiger partial charge in [0, 0.05) is 11.7 Å². The van der Waals surface area contributed by atoms with E-state index in [1.165, 1.54) is 38.5 Å². The van der Waals surface area contributed by atoms with Gasteiger partial charge in [-0.15, -0.1) is 0 Å². The minimum atomic E-state index is -0.0751.